The molecule has 4 amide bonds. The van der Waals surface area contributed by atoms with E-state index >= 15 is 0 Å². The molecule has 3 aromatic rings. The first-order valence-electron chi connectivity index (χ1n) is 15.4. The topological polar surface area (TPSA) is 85.0 Å². The lowest BCUT2D eigenvalue weighted by Crippen LogP contribution is -2.58. The Morgan fingerprint density at radius 1 is 0.814 bits per heavy atom. The minimum absolute atomic E-state index is 0.0436. The number of carbonyl (C=O) groups is 3. The number of hydrogen-bond donors (Lipinski definition) is 2. The molecule has 2 N–H and O–H groups in total. The van der Waals surface area contributed by atoms with Crippen LogP contribution < -0.4 is 25.3 Å². The summed E-state index contributed by atoms with van der Waals surface area (Å²) in [7, 11) is 3.85. The maximum atomic E-state index is 14.6. The average Bonchev–Trinajstić information content (AvgIpc) is 3.06. The molecule has 4 aliphatic carbocycles. The quantitative estimate of drug-likeness (QED) is 0.343. The molecule has 3 aromatic carbocycles. The summed E-state index contributed by atoms with van der Waals surface area (Å²) >= 11 is 0. The van der Waals surface area contributed by atoms with Crippen molar-refractivity contribution in [2.45, 2.75) is 44.6 Å². The molecule has 1 heterocycles. The SMILES string of the molecule is CN(C)c1cccc(NC(=O)NC2C(=O)N(CC34CC5CC(CC(C5)C3)C4)c3ccccc3N(c3ccccc3)C2=O)c1. The smallest absolute Gasteiger partial charge is 0.320 e. The third-order valence-electron chi connectivity index (χ3n) is 9.96. The first-order valence-corrected chi connectivity index (χ1v) is 15.4. The monoisotopic (exact) mass is 577 g/mol. The van der Waals surface area contributed by atoms with Gasteiger partial charge in [-0.2, -0.15) is 0 Å². The zero-order valence-electron chi connectivity index (χ0n) is 24.8. The lowest BCUT2D eigenvalue weighted by molar-refractivity contribution is -0.129. The number of rotatable bonds is 6. The van der Waals surface area contributed by atoms with E-state index in [1.54, 1.807) is 11.0 Å². The van der Waals surface area contributed by atoms with Crippen LogP contribution in [0.5, 0.6) is 0 Å². The van der Waals surface area contributed by atoms with E-state index in [9.17, 15) is 14.4 Å². The number of hydrogen-bond acceptors (Lipinski definition) is 4. The van der Waals surface area contributed by atoms with Crippen LogP contribution in [-0.2, 0) is 9.59 Å². The van der Waals surface area contributed by atoms with Gasteiger partial charge in [0, 0.05) is 37.7 Å². The van der Waals surface area contributed by atoms with Gasteiger partial charge in [-0.1, -0.05) is 36.4 Å². The standard InChI is InChI=1S/C35H39N5O3/c1-38(2)28-12-8-9-26(18-28)36-34(43)37-31-32(41)39(22-35-19-23-15-24(20-35)17-25(16-23)21-35)29-13-6-7-14-30(29)40(33(31)42)27-10-4-3-5-11-27/h3-14,18,23-25,31H,15-17,19-22H2,1-2H3,(H2,36,37,43). The third kappa shape index (κ3) is 5.13. The number of fused-ring (bicyclic) bond motifs is 1. The van der Waals surface area contributed by atoms with Crippen molar-refractivity contribution in [3.05, 3.63) is 78.9 Å². The van der Waals surface area contributed by atoms with Crippen LogP contribution in [0.25, 0.3) is 0 Å². The van der Waals surface area contributed by atoms with Gasteiger partial charge in [0.2, 0.25) is 0 Å². The van der Waals surface area contributed by atoms with E-state index in [4.69, 9.17) is 0 Å². The van der Waals surface area contributed by atoms with Gasteiger partial charge in [0.15, 0.2) is 6.04 Å². The van der Waals surface area contributed by atoms with E-state index in [-0.39, 0.29) is 11.3 Å². The highest BCUT2D eigenvalue weighted by atomic mass is 16.2. The van der Waals surface area contributed by atoms with E-state index in [0.29, 0.717) is 29.3 Å². The van der Waals surface area contributed by atoms with Crippen molar-refractivity contribution >= 4 is 46.3 Å². The maximum Gasteiger partial charge on any atom is 0.320 e. The highest BCUT2D eigenvalue weighted by Gasteiger charge is 2.53. The molecule has 5 aliphatic rings. The number of benzene rings is 3. The highest BCUT2D eigenvalue weighted by molar-refractivity contribution is 6.24. The van der Waals surface area contributed by atoms with Crippen LogP contribution in [0, 0.1) is 23.2 Å². The first kappa shape index (κ1) is 27.5. The molecule has 43 heavy (non-hydrogen) atoms. The Balaban J connectivity index is 1.25. The molecule has 222 valence electrons. The predicted molar refractivity (Wildman–Crippen MR) is 170 cm³/mol. The summed E-state index contributed by atoms with van der Waals surface area (Å²) < 4.78 is 0. The number of nitrogens with one attached hydrogen (secondary N) is 2. The van der Waals surface area contributed by atoms with Crippen molar-refractivity contribution < 1.29 is 14.4 Å². The molecular formula is C35H39N5O3. The largest absolute Gasteiger partial charge is 0.378 e. The maximum absolute atomic E-state index is 14.6. The summed E-state index contributed by atoms with van der Waals surface area (Å²) in [6.45, 7) is 0.562. The molecule has 4 fully saturated rings. The summed E-state index contributed by atoms with van der Waals surface area (Å²) in [4.78, 5) is 47.7. The number of para-hydroxylation sites is 3. The number of urea groups is 1. The Hall–Kier alpha value is -4.33. The first-order chi connectivity index (χ1) is 20.8. The molecule has 4 saturated carbocycles. The minimum atomic E-state index is -1.39. The summed E-state index contributed by atoms with van der Waals surface area (Å²) in [6.07, 6.45) is 7.31. The fourth-order valence-corrected chi connectivity index (χ4v) is 8.62. The Morgan fingerprint density at radius 3 is 2.09 bits per heavy atom. The van der Waals surface area contributed by atoms with Crippen molar-refractivity contribution in [2.75, 3.05) is 40.7 Å². The number of anilines is 5. The van der Waals surface area contributed by atoms with E-state index in [1.165, 1.54) is 19.3 Å². The van der Waals surface area contributed by atoms with Gasteiger partial charge in [-0.3, -0.25) is 14.5 Å². The third-order valence-corrected chi connectivity index (χ3v) is 9.96. The van der Waals surface area contributed by atoms with Gasteiger partial charge >= 0.3 is 6.03 Å². The molecular weight excluding hydrogens is 538 g/mol. The Kier molecular flexibility index (Phi) is 6.87. The summed E-state index contributed by atoms with van der Waals surface area (Å²) in [6, 6.07) is 22.5. The van der Waals surface area contributed by atoms with E-state index in [1.807, 2.05) is 96.7 Å². The highest BCUT2D eigenvalue weighted by Crippen LogP contribution is 2.60. The molecule has 1 unspecified atom stereocenters. The van der Waals surface area contributed by atoms with Gasteiger partial charge in [0.05, 0.1) is 11.4 Å². The minimum Gasteiger partial charge on any atom is -0.378 e. The average molecular weight is 578 g/mol. The molecule has 8 nitrogen and oxygen atoms in total. The van der Waals surface area contributed by atoms with Gasteiger partial charge in [-0.05, 0) is 104 Å². The molecule has 4 bridgehead atoms. The second kappa shape index (κ2) is 10.7. The zero-order valence-corrected chi connectivity index (χ0v) is 24.8. The zero-order chi connectivity index (χ0) is 29.7. The second-order valence-corrected chi connectivity index (χ2v) is 13.3. The van der Waals surface area contributed by atoms with Crippen LogP contribution in [0.4, 0.5) is 33.2 Å². The van der Waals surface area contributed by atoms with E-state index < -0.39 is 18.0 Å². The van der Waals surface area contributed by atoms with Crippen molar-refractivity contribution in [2.24, 2.45) is 23.2 Å². The van der Waals surface area contributed by atoms with Crippen LogP contribution in [0.15, 0.2) is 78.9 Å². The Morgan fingerprint density at radius 2 is 1.44 bits per heavy atom. The fourth-order valence-electron chi connectivity index (χ4n) is 8.62. The molecule has 8 rings (SSSR count). The Bertz CT molecular complexity index is 1520. The summed E-state index contributed by atoms with van der Waals surface area (Å²) in [5, 5.41) is 5.63. The molecule has 0 radical (unpaired) electrons. The number of carbonyl (C=O) groups excluding carboxylic acids is 3. The van der Waals surface area contributed by atoms with Crippen LogP contribution >= 0.6 is 0 Å². The fraction of sp³-hybridized carbons (Fsp3) is 0.400. The van der Waals surface area contributed by atoms with Crippen LogP contribution in [0.1, 0.15) is 38.5 Å². The lowest BCUT2D eigenvalue weighted by atomic mass is 9.49. The number of amides is 4. The normalized spacial score (nSPS) is 27.5. The van der Waals surface area contributed by atoms with Gasteiger partial charge in [0.25, 0.3) is 11.8 Å². The van der Waals surface area contributed by atoms with Gasteiger partial charge < -0.3 is 20.4 Å². The second-order valence-electron chi connectivity index (χ2n) is 13.3. The van der Waals surface area contributed by atoms with Crippen LogP contribution in [-0.4, -0.2) is 44.5 Å². The van der Waals surface area contributed by atoms with Crippen LogP contribution in [0.2, 0.25) is 0 Å². The molecule has 1 atom stereocenters. The van der Waals surface area contributed by atoms with Crippen LogP contribution in [0.3, 0.4) is 0 Å². The summed E-state index contributed by atoms with van der Waals surface area (Å²) in [5.74, 6) is 1.31. The van der Waals surface area contributed by atoms with E-state index in [0.717, 1.165) is 42.7 Å². The Labute approximate surface area is 253 Å². The molecule has 1 aliphatic heterocycles. The lowest BCUT2D eigenvalue weighted by Gasteiger charge is -2.57. The van der Waals surface area contributed by atoms with Gasteiger partial charge in [-0.15, -0.1) is 0 Å². The van der Waals surface area contributed by atoms with Crippen molar-refractivity contribution in [3.8, 4) is 0 Å². The molecule has 0 aromatic heterocycles. The summed E-state index contributed by atoms with van der Waals surface area (Å²) in [5.41, 5.74) is 3.55. The number of nitrogens with zero attached hydrogens (tertiary/aromatic N) is 3. The predicted octanol–water partition coefficient (Wildman–Crippen LogP) is 6.17. The molecule has 8 heteroatoms. The van der Waals surface area contributed by atoms with Gasteiger partial charge in [-0.25, -0.2) is 4.79 Å². The van der Waals surface area contributed by atoms with Gasteiger partial charge in [0.1, 0.15) is 0 Å². The van der Waals surface area contributed by atoms with Crippen molar-refractivity contribution in [1.82, 2.24) is 5.32 Å². The van der Waals surface area contributed by atoms with Crippen molar-refractivity contribution in [3.63, 3.8) is 0 Å². The molecule has 0 saturated heterocycles. The van der Waals surface area contributed by atoms with Crippen molar-refractivity contribution in [1.29, 1.82) is 0 Å². The van der Waals surface area contributed by atoms with E-state index in [2.05, 4.69) is 10.6 Å². The molecule has 0 spiro atoms.